The molecule has 0 bridgehead atoms. The van der Waals surface area contributed by atoms with Crippen molar-refractivity contribution in [2.24, 2.45) is 0 Å². The fourth-order valence-electron chi connectivity index (χ4n) is 1.61. The molecule has 1 atom stereocenters. The predicted octanol–water partition coefficient (Wildman–Crippen LogP) is 0.167. The van der Waals surface area contributed by atoms with Crippen LogP contribution in [0.4, 0.5) is 5.69 Å². The van der Waals surface area contributed by atoms with E-state index in [1.807, 2.05) is 0 Å². The number of fused-ring (bicyclic) bond motifs is 1. The van der Waals surface area contributed by atoms with Gasteiger partial charge in [0.1, 0.15) is 13.6 Å². The molecule has 0 spiro atoms. The first-order valence-corrected chi connectivity index (χ1v) is 4.83. The molecule has 0 aliphatic carbocycles. The summed E-state index contributed by atoms with van der Waals surface area (Å²) in [6.07, 6.45) is 0. The molecule has 2 rings (SSSR count). The minimum atomic E-state index is -0.668. The van der Waals surface area contributed by atoms with Gasteiger partial charge in [0.25, 0.3) is 6.57 Å². The Hall–Kier alpha value is -1.96. The minimum Gasteiger partial charge on any atom is -0.482 e. The Balaban J connectivity index is 2.47. The number of carbonyl (C=O) groups excluding carboxylic acids is 1. The molecule has 0 aromatic heterocycles. The zero-order chi connectivity index (χ0) is 11.7. The van der Waals surface area contributed by atoms with Crippen LogP contribution in [-0.2, 0) is 4.79 Å². The van der Waals surface area contributed by atoms with E-state index >= 15 is 0 Å². The fourth-order valence-corrected chi connectivity index (χ4v) is 1.61. The van der Waals surface area contributed by atoms with Gasteiger partial charge in [-0.3, -0.25) is 4.79 Å². The topological polar surface area (TPSA) is 33.9 Å². The highest BCUT2D eigenvalue weighted by Gasteiger charge is 2.35. The van der Waals surface area contributed by atoms with E-state index in [4.69, 9.17) is 19.2 Å². The van der Waals surface area contributed by atoms with Crippen molar-refractivity contribution in [3.63, 3.8) is 0 Å². The molecule has 0 saturated carbocycles. The Bertz CT molecular complexity index is 481. The van der Waals surface area contributed by atoms with E-state index in [1.165, 1.54) is 4.90 Å². The Morgan fingerprint density at radius 3 is 3.06 bits per heavy atom. The third-order valence-corrected chi connectivity index (χ3v) is 2.54. The SMILES string of the molecule is [B]c1ccc2c(c1)N(C)C(=O)[C@@H]([N+]#C)CO2. The Kier molecular flexibility index (Phi) is 2.57. The molecule has 1 aromatic carbocycles. The van der Waals surface area contributed by atoms with Crippen LogP contribution in [0.2, 0.25) is 0 Å². The summed E-state index contributed by atoms with van der Waals surface area (Å²) in [6, 6.07) is 4.47. The second kappa shape index (κ2) is 3.89. The van der Waals surface area contributed by atoms with Crippen molar-refractivity contribution >= 4 is 24.9 Å². The van der Waals surface area contributed by atoms with Crippen LogP contribution in [0.1, 0.15) is 0 Å². The van der Waals surface area contributed by atoms with Crippen molar-refractivity contribution in [2.75, 3.05) is 18.6 Å². The van der Waals surface area contributed by atoms with Crippen molar-refractivity contribution in [3.05, 3.63) is 23.0 Å². The number of hydrogen-bond donors (Lipinski definition) is 0. The first-order valence-electron chi connectivity index (χ1n) is 4.83. The average Bonchev–Trinajstić information content (AvgIpc) is 2.40. The van der Waals surface area contributed by atoms with Gasteiger partial charge in [0.15, 0.2) is 6.61 Å². The molecule has 4 nitrogen and oxygen atoms in total. The fraction of sp³-hybridized carbons (Fsp3) is 0.273. The van der Waals surface area contributed by atoms with E-state index in [9.17, 15) is 4.79 Å². The van der Waals surface area contributed by atoms with Gasteiger partial charge in [-0.25, -0.2) is 0 Å². The van der Waals surface area contributed by atoms with Crippen molar-refractivity contribution < 1.29 is 9.53 Å². The van der Waals surface area contributed by atoms with Crippen molar-refractivity contribution in [3.8, 4) is 12.3 Å². The lowest BCUT2D eigenvalue weighted by molar-refractivity contribution is -0.118. The summed E-state index contributed by atoms with van der Waals surface area (Å²) in [5.74, 6) is 0.406. The van der Waals surface area contributed by atoms with Gasteiger partial charge in [-0.15, -0.1) is 0 Å². The molecule has 1 heterocycles. The van der Waals surface area contributed by atoms with E-state index in [0.29, 0.717) is 16.9 Å². The summed E-state index contributed by atoms with van der Waals surface area (Å²) in [5, 5.41) is 0. The number of rotatable bonds is 0. The maximum Gasteiger partial charge on any atom is 0.381 e. The van der Waals surface area contributed by atoms with Crippen LogP contribution < -0.4 is 15.1 Å². The number of ether oxygens (including phenoxy) is 1. The standard InChI is InChI=1S/C11H10BN2O2/c1-13-8-6-16-10-4-3-7(12)5-9(10)14(2)11(8)15/h1,3-5,8H,6H2,2H3/q+1/t8-/m0/s1. The summed E-state index contributed by atoms with van der Waals surface area (Å²) >= 11 is 0. The normalized spacial score (nSPS) is 19.4. The van der Waals surface area contributed by atoms with Gasteiger partial charge in [-0.2, -0.15) is 0 Å². The van der Waals surface area contributed by atoms with E-state index in [1.54, 1.807) is 25.2 Å². The third kappa shape index (κ3) is 1.63. The minimum absolute atomic E-state index is 0.149. The summed E-state index contributed by atoms with van der Waals surface area (Å²) in [6.45, 7) is 5.31. The van der Waals surface area contributed by atoms with Crippen molar-refractivity contribution in [2.45, 2.75) is 6.04 Å². The Labute approximate surface area is 95.0 Å². The lowest BCUT2D eigenvalue weighted by Crippen LogP contribution is -2.35. The molecule has 0 saturated heterocycles. The molecule has 1 aromatic rings. The van der Waals surface area contributed by atoms with Crippen LogP contribution in [0.3, 0.4) is 0 Å². The summed E-state index contributed by atoms with van der Waals surface area (Å²) in [4.78, 5) is 16.8. The van der Waals surface area contributed by atoms with Gasteiger partial charge in [0.05, 0.1) is 5.69 Å². The second-order valence-corrected chi connectivity index (χ2v) is 3.60. The smallest absolute Gasteiger partial charge is 0.381 e. The van der Waals surface area contributed by atoms with E-state index in [2.05, 4.69) is 4.85 Å². The summed E-state index contributed by atoms with van der Waals surface area (Å²) in [5.41, 5.74) is 1.21. The monoisotopic (exact) mass is 213 g/mol. The number of likely N-dealkylation sites (N-methyl/N-ethyl adjacent to an activating group) is 1. The molecule has 0 N–H and O–H groups in total. The highest BCUT2D eigenvalue weighted by Crippen LogP contribution is 2.29. The zero-order valence-electron chi connectivity index (χ0n) is 8.88. The number of benzene rings is 1. The molecule has 1 aliphatic heterocycles. The molecule has 0 unspecified atom stereocenters. The highest BCUT2D eigenvalue weighted by atomic mass is 16.5. The highest BCUT2D eigenvalue weighted by molar-refractivity contribution is 6.32. The predicted molar refractivity (Wildman–Crippen MR) is 62.8 cm³/mol. The summed E-state index contributed by atoms with van der Waals surface area (Å²) in [7, 11) is 7.31. The van der Waals surface area contributed by atoms with Crippen LogP contribution in [0.5, 0.6) is 5.75 Å². The van der Waals surface area contributed by atoms with Crippen molar-refractivity contribution in [1.82, 2.24) is 0 Å². The van der Waals surface area contributed by atoms with E-state index in [0.717, 1.165) is 0 Å². The van der Waals surface area contributed by atoms with Gasteiger partial charge >= 0.3 is 11.9 Å². The van der Waals surface area contributed by atoms with Crippen LogP contribution >= 0.6 is 0 Å². The second-order valence-electron chi connectivity index (χ2n) is 3.60. The molecule has 2 radical (unpaired) electrons. The molecule has 1 aliphatic rings. The summed E-state index contributed by atoms with van der Waals surface area (Å²) < 4.78 is 5.46. The number of hydrogen-bond acceptors (Lipinski definition) is 2. The first kappa shape index (κ1) is 10.6. The molecule has 16 heavy (non-hydrogen) atoms. The number of anilines is 1. The maximum atomic E-state index is 11.9. The molecule has 0 fully saturated rings. The zero-order valence-corrected chi connectivity index (χ0v) is 8.88. The van der Waals surface area contributed by atoms with Crippen LogP contribution in [0.25, 0.3) is 4.85 Å². The van der Waals surface area contributed by atoms with Crippen LogP contribution in [0, 0.1) is 6.57 Å². The number of amides is 1. The molecular weight excluding hydrogens is 203 g/mol. The van der Waals surface area contributed by atoms with Crippen LogP contribution in [0.15, 0.2) is 18.2 Å². The molecule has 5 heteroatoms. The van der Waals surface area contributed by atoms with Gasteiger partial charge in [0.2, 0.25) is 0 Å². The van der Waals surface area contributed by atoms with Gasteiger partial charge in [-0.05, 0) is 12.1 Å². The quantitative estimate of drug-likeness (QED) is 0.575. The van der Waals surface area contributed by atoms with Gasteiger partial charge in [-0.1, -0.05) is 16.4 Å². The first-order chi connectivity index (χ1) is 7.63. The Morgan fingerprint density at radius 1 is 1.62 bits per heavy atom. The van der Waals surface area contributed by atoms with Gasteiger partial charge in [0, 0.05) is 7.05 Å². The van der Waals surface area contributed by atoms with Gasteiger partial charge < -0.3 is 9.64 Å². The maximum absolute atomic E-state index is 11.9. The molecular formula is C11H10BN2O2+. The lowest BCUT2D eigenvalue weighted by Gasteiger charge is -2.15. The molecule has 78 valence electrons. The number of nitrogens with zero attached hydrogens (tertiary/aromatic N) is 2. The van der Waals surface area contributed by atoms with Crippen LogP contribution in [-0.4, -0.2) is 33.4 Å². The lowest BCUT2D eigenvalue weighted by atomic mass is 9.95. The van der Waals surface area contributed by atoms with E-state index < -0.39 is 6.04 Å². The molecule has 1 amide bonds. The number of carbonyl (C=O) groups is 1. The largest absolute Gasteiger partial charge is 0.482 e. The Morgan fingerprint density at radius 2 is 2.38 bits per heavy atom. The van der Waals surface area contributed by atoms with Crippen molar-refractivity contribution in [1.29, 1.82) is 0 Å². The average molecular weight is 213 g/mol. The third-order valence-electron chi connectivity index (χ3n) is 2.54. The van der Waals surface area contributed by atoms with E-state index in [-0.39, 0.29) is 12.5 Å².